The highest BCUT2D eigenvalue weighted by atomic mass is 19.4. The van der Waals surface area contributed by atoms with Crippen molar-refractivity contribution in [1.29, 1.82) is 0 Å². The molecule has 248 valence electrons. The molecule has 1 fully saturated rings. The molecule has 0 N–H and O–H groups in total. The number of benzene rings is 4. The molecule has 1 aliphatic heterocycles. The van der Waals surface area contributed by atoms with E-state index in [-0.39, 0.29) is 5.91 Å². The first-order chi connectivity index (χ1) is 23.1. The first-order valence-corrected chi connectivity index (χ1v) is 15.1. The number of aromatic nitrogens is 2. The number of rotatable bonds is 8. The van der Waals surface area contributed by atoms with Crippen molar-refractivity contribution in [1.82, 2.24) is 14.9 Å². The molecular formula is C36H33F3N4O5. The van der Waals surface area contributed by atoms with Crippen molar-refractivity contribution in [3.63, 3.8) is 0 Å². The zero-order valence-corrected chi connectivity index (χ0v) is 26.8. The lowest BCUT2D eigenvalue weighted by Gasteiger charge is -2.36. The second-order valence-corrected chi connectivity index (χ2v) is 11.1. The Hall–Kier alpha value is -5.52. The fourth-order valence-electron chi connectivity index (χ4n) is 5.79. The predicted molar refractivity (Wildman–Crippen MR) is 176 cm³/mol. The Balaban J connectivity index is 1.33. The van der Waals surface area contributed by atoms with Crippen LogP contribution in [0.5, 0.6) is 23.0 Å². The number of ether oxygens (including phenoxy) is 4. The third-order valence-corrected chi connectivity index (χ3v) is 8.33. The number of carbonyl (C=O) groups is 1. The van der Waals surface area contributed by atoms with Crippen LogP contribution in [0.3, 0.4) is 0 Å². The Labute approximate surface area is 275 Å². The van der Waals surface area contributed by atoms with E-state index in [1.807, 2.05) is 29.2 Å². The van der Waals surface area contributed by atoms with Crippen LogP contribution >= 0.6 is 0 Å². The molecule has 1 aromatic heterocycles. The number of piperazine rings is 1. The molecule has 6 rings (SSSR count). The molecule has 2 heterocycles. The fraction of sp³-hybridized carbons (Fsp3) is 0.250. The molecule has 0 bridgehead atoms. The maximum Gasteiger partial charge on any atom is 0.416 e. The first kappa shape index (κ1) is 32.4. The maximum absolute atomic E-state index is 13.7. The molecule has 0 atom stereocenters. The van der Waals surface area contributed by atoms with E-state index in [2.05, 4.69) is 0 Å². The molecule has 9 nitrogen and oxygen atoms in total. The van der Waals surface area contributed by atoms with E-state index in [1.165, 1.54) is 6.07 Å². The van der Waals surface area contributed by atoms with Gasteiger partial charge in [0.2, 0.25) is 0 Å². The van der Waals surface area contributed by atoms with Crippen molar-refractivity contribution in [3.05, 3.63) is 90.0 Å². The Morgan fingerprint density at radius 1 is 0.646 bits per heavy atom. The van der Waals surface area contributed by atoms with Gasteiger partial charge in [-0.25, -0.2) is 9.97 Å². The molecular weight excluding hydrogens is 625 g/mol. The van der Waals surface area contributed by atoms with Crippen LogP contribution in [0.15, 0.2) is 78.9 Å². The fourth-order valence-corrected chi connectivity index (χ4v) is 5.79. The summed E-state index contributed by atoms with van der Waals surface area (Å²) < 4.78 is 61.7. The standard InChI is InChI=1S/C36H33F3N4O5/c1-45-29-12-9-22(19-31(29)47-3)33-34(23-10-13-30(46-2)32(20-23)48-4)41-28-18-24(8-11-27(28)40-33)35(44)43-16-14-42(15-17-43)26-7-5-6-25(21-26)36(37,38)39/h5-13,18-21H,14-17H2,1-4H3. The van der Waals surface area contributed by atoms with Crippen molar-refractivity contribution < 1.29 is 36.9 Å². The Morgan fingerprint density at radius 3 is 1.75 bits per heavy atom. The van der Waals surface area contributed by atoms with Crippen molar-refractivity contribution >= 4 is 22.6 Å². The molecule has 0 unspecified atom stereocenters. The van der Waals surface area contributed by atoms with Gasteiger partial charge in [-0.05, 0) is 72.8 Å². The van der Waals surface area contributed by atoms with Crippen molar-refractivity contribution in [2.45, 2.75) is 6.18 Å². The van der Waals surface area contributed by atoms with Crippen LogP contribution in [-0.2, 0) is 6.18 Å². The molecule has 1 aliphatic rings. The van der Waals surface area contributed by atoms with Gasteiger partial charge in [0.05, 0.1) is 56.4 Å². The molecule has 4 aromatic carbocycles. The number of fused-ring (bicyclic) bond motifs is 1. The largest absolute Gasteiger partial charge is 0.493 e. The molecule has 48 heavy (non-hydrogen) atoms. The summed E-state index contributed by atoms with van der Waals surface area (Å²) in [4.78, 5) is 27.2. The summed E-state index contributed by atoms with van der Waals surface area (Å²) in [5, 5.41) is 0. The topological polar surface area (TPSA) is 86.3 Å². The second kappa shape index (κ2) is 13.3. The van der Waals surface area contributed by atoms with E-state index in [0.717, 1.165) is 17.7 Å². The summed E-state index contributed by atoms with van der Waals surface area (Å²) in [6, 6.07) is 21.4. The SMILES string of the molecule is COc1ccc(-c2nc3ccc(C(=O)N4CCN(c5cccc(C(F)(F)F)c5)CC4)cc3nc2-c2ccc(OC)c(OC)c2)cc1OC. The maximum atomic E-state index is 13.7. The minimum Gasteiger partial charge on any atom is -0.493 e. The van der Waals surface area contributed by atoms with Crippen LogP contribution in [0, 0.1) is 0 Å². The summed E-state index contributed by atoms with van der Waals surface area (Å²) >= 11 is 0. The van der Waals surface area contributed by atoms with Crippen molar-refractivity contribution in [3.8, 4) is 45.5 Å². The highest BCUT2D eigenvalue weighted by Gasteiger charge is 2.31. The lowest BCUT2D eigenvalue weighted by molar-refractivity contribution is -0.137. The molecule has 0 aliphatic carbocycles. The van der Waals surface area contributed by atoms with Crippen LogP contribution < -0.4 is 23.8 Å². The van der Waals surface area contributed by atoms with Crippen LogP contribution in [0.1, 0.15) is 15.9 Å². The first-order valence-electron chi connectivity index (χ1n) is 15.1. The molecule has 0 saturated carbocycles. The van der Waals surface area contributed by atoms with Gasteiger partial charge in [0.15, 0.2) is 23.0 Å². The Morgan fingerprint density at radius 2 is 1.21 bits per heavy atom. The number of hydrogen-bond donors (Lipinski definition) is 0. The van der Waals surface area contributed by atoms with Crippen molar-refractivity contribution in [2.75, 3.05) is 59.5 Å². The molecule has 1 saturated heterocycles. The van der Waals surface area contributed by atoms with E-state index in [4.69, 9.17) is 28.9 Å². The van der Waals surface area contributed by atoms with E-state index < -0.39 is 11.7 Å². The Kier molecular flexibility index (Phi) is 8.99. The number of amides is 1. The average Bonchev–Trinajstić information content (AvgIpc) is 3.12. The number of halogens is 3. The second-order valence-electron chi connectivity index (χ2n) is 11.1. The van der Waals surface area contributed by atoms with Gasteiger partial charge in [-0.3, -0.25) is 4.79 Å². The third-order valence-electron chi connectivity index (χ3n) is 8.33. The number of carbonyl (C=O) groups excluding carboxylic acids is 1. The molecule has 0 radical (unpaired) electrons. The highest BCUT2D eigenvalue weighted by Crippen LogP contribution is 2.39. The van der Waals surface area contributed by atoms with Gasteiger partial charge >= 0.3 is 6.18 Å². The normalized spacial score (nSPS) is 13.4. The van der Waals surface area contributed by atoms with Gasteiger partial charge in [0, 0.05) is 48.6 Å². The molecule has 5 aromatic rings. The molecule has 0 spiro atoms. The minimum absolute atomic E-state index is 0.195. The third kappa shape index (κ3) is 6.38. The molecule has 1 amide bonds. The average molecular weight is 659 g/mol. The van der Waals surface area contributed by atoms with Crippen LogP contribution in [0.2, 0.25) is 0 Å². The number of methoxy groups -OCH3 is 4. The number of alkyl halides is 3. The van der Waals surface area contributed by atoms with Gasteiger partial charge in [-0.15, -0.1) is 0 Å². The smallest absolute Gasteiger partial charge is 0.416 e. The predicted octanol–water partition coefficient (Wildman–Crippen LogP) is 6.98. The van der Waals surface area contributed by atoms with Gasteiger partial charge < -0.3 is 28.7 Å². The van der Waals surface area contributed by atoms with E-state index in [0.29, 0.717) is 88.4 Å². The molecule has 12 heteroatoms. The van der Waals surface area contributed by atoms with Gasteiger partial charge in [-0.2, -0.15) is 13.2 Å². The zero-order valence-electron chi connectivity index (χ0n) is 26.8. The van der Waals surface area contributed by atoms with Crippen molar-refractivity contribution in [2.24, 2.45) is 0 Å². The Bertz CT molecular complexity index is 1980. The van der Waals surface area contributed by atoms with Crippen LogP contribution in [0.4, 0.5) is 18.9 Å². The lowest BCUT2D eigenvalue weighted by Crippen LogP contribution is -2.48. The highest BCUT2D eigenvalue weighted by molar-refractivity contribution is 5.98. The van der Waals surface area contributed by atoms with Gasteiger partial charge in [0.25, 0.3) is 5.91 Å². The monoisotopic (exact) mass is 658 g/mol. The number of nitrogens with zero attached hydrogens (tertiary/aromatic N) is 4. The summed E-state index contributed by atoms with van der Waals surface area (Å²) in [7, 11) is 6.25. The summed E-state index contributed by atoms with van der Waals surface area (Å²) in [6.07, 6.45) is -4.42. The summed E-state index contributed by atoms with van der Waals surface area (Å²) in [5.41, 5.74) is 3.90. The quantitative estimate of drug-likeness (QED) is 0.177. The van der Waals surface area contributed by atoms with E-state index >= 15 is 0 Å². The van der Waals surface area contributed by atoms with E-state index in [9.17, 15) is 18.0 Å². The zero-order chi connectivity index (χ0) is 34.0. The van der Waals surface area contributed by atoms with Crippen LogP contribution in [0.25, 0.3) is 33.5 Å². The van der Waals surface area contributed by atoms with Gasteiger partial charge in [0.1, 0.15) is 0 Å². The van der Waals surface area contributed by atoms with Crippen LogP contribution in [-0.4, -0.2) is 75.4 Å². The summed E-state index contributed by atoms with van der Waals surface area (Å²) in [6.45, 7) is 1.51. The minimum atomic E-state index is -4.42. The summed E-state index contributed by atoms with van der Waals surface area (Å²) in [5.74, 6) is 1.98. The van der Waals surface area contributed by atoms with Gasteiger partial charge in [-0.1, -0.05) is 6.07 Å². The number of anilines is 1. The lowest BCUT2D eigenvalue weighted by atomic mass is 10.0. The number of hydrogen-bond acceptors (Lipinski definition) is 8. The van der Waals surface area contributed by atoms with E-state index in [1.54, 1.807) is 69.7 Å².